The van der Waals surface area contributed by atoms with Crippen molar-refractivity contribution in [2.45, 2.75) is 19.8 Å². The smallest absolute Gasteiger partial charge is 0.409 e. The zero-order chi connectivity index (χ0) is 10.1. The average Bonchev–Trinajstić information content (AvgIpc) is 2.41. The fourth-order valence-corrected chi connectivity index (χ4v) is 2.40. The van der Waals surface area contributed by atoms with Gasteiger partial charge in [0.1, 0.15) is 5.78 Å². The van der Waals surface area contributed by atoms with Crippen LogP contribution in [0, 0.1) is 11.8 Å². The Balaban J connectivity index is 1.98. The third kappa shape index (κ3) is 1.61. The SMILES string of the molecule is CCOC(=O)N1C[C@@H]2CC(=O)[C@@H](C2)C1. The van der Waals surface area contributed by atoms with E-state index in [9.17, 15) is 9.59 Å². The van der Waals surface area contributed by atoms with Crippen molar-refractivity contribution in [3.63, 3.8) is 0 Å². The number of hydrogen-bond acceptors (Lipinski definition) is 3. The summed E-state index contributed by atoms with van der Waals surface area (Å²) in [5.41, 5.74) is 0. The number of nitrogens with zero attached hydrogens (tertiary/aromatic N) is 1. The topological polar surface area (TPSA) is 46.6 Å². The summed E-state index contributed by atoms with van der Waals surface area (Å²) in [6.45, 7) is 3.45. The number of ketones is 1. The molecule has 0 radical (unpaired) electrons. The largest absolute Gasteiger partial charge is 0.450 e. The normalized spacial score (nSPS) is 30.6. The molecule has 2 atom stereocenters. The maximum atomic E-state index is 11.4. The van der Waals surface area contributed by atoms with Gasteiger partial charge in [-0.1, -0.05) is 0 Å². The molecule has 0 spiro atoms. The maximum Gasteiger partial charge on any atom is 0.409 e. The standard InChI is InChI=1S/C10H15NO3/c1-2-14-10(13)11-5-7-3-8(6-11)9(12)4-7/h7-8H,2-6H2,1H3/t7-,8-/m0/s1. The van der Waals surface area contributed by atoms with Crippen LogP contribution >= 0.6 is 0 Å². The molecular weight excluding hydrogens is 182 g/mol. The molecule has 0 unspecified atom stereocenters. The van der Waals surface area contributed by atoms with Crippen LogP contribution in [0.4, 0.5) is 4.79 Å². The summed E-state index contributed by atoms with van der Waals surface area (Å²) < 4.78 is 4.92. The molecule has 1 aliphatic carbocycles. The van der Waals surface area contributed by atoms with E-state index >= 15 is 0 Å². The first kappa shape index (κ1) is 9.49. The fourth-order valence-electron chi connectivity index (χ4n) is 2.40. The molecule has 2 aliphatic rings. The molecule has 1 saturated carbocycles. The summed E-state index contributed by atoms with van der Waals surface area (Å²) >= 11 is 0. The minimum absolute atomic E-state index is 0.0816. The van der Waals surface area contributed by atoms with Gasteiger partial charge in [0.2, 0.25) is 0 Å². The Bertz CT molecular complexity index is 264. The van der Waals surface area contributed by atoms with Crippen molar-refractivity contribution in [2.75, 3.05) is 19.7 Å². The van der Waals surface area contributed by atoms with E-state index in [1.54, 1.807) is 11.8 Å². The van der Waals surface area contributed by atoms with Crippen LogP contribution in [0.3, 0.4) is 0 Å². The molecule has 1 saturated heterocycles. The van der Waals surface area contributed by atoms with Crippen molar-refractivity contribution >= 4 is 11.9 Å². The number of ether oxygens (including phenoxy) is 1. The number of likely N-dealkylation sites (tertiary alicyclic amines) is 1. The summed E-state index contributed by atoms with van der Waals surface area (Å²) in [6, 6.07) is 0. The van der Waals surface area contributed by atoms with Crippen molar-refractivity contribution < 1.29 is 14.3 Å². The lowest BCUT2D eigenvalue weighted by molar-refractivity contribution is -0.120. The molecule has 4 nitrogen and oxygen atoms in total. The summed E-state index contributed by atoms with van der Waals surface area (Å²) in [7, 11) is 0. The highest BCUT2D eigenvalue weighted by atomic mass is 16.6. The Kier molecular flexibility index (Phi) is 2.44. The summed E-state index contributed by atoms with van der Waals surface area (Å²) in [4.78, 5) is 24.5. The molecule has 2 rings (SSSR count). The molecule has 1 amide bonds. The summed E-state index contributed by atoms with van der Waals surface area (Å²) in [5, 5.41) is 0. The number of amides is 1. The van der Waals surface area contributed by atoms with Crippen LogP contribution in [-0.2, 0) is 9.53 Å². The number of carbonyl (C=O) groups excluding carboxylic acids is 2. The molecule has 0 aromatic carbocycles. The third-order valence-corrected chi connectivity index (χ3v) is 3.01. The van der Waals surface area contributed by atoms with Gasteiger partial charge in [-0.15, -0.1) is 0 Å². The zero-order valence-corrected chi connectivity index (χ0v) is 8.36. The van der Waals surface area contributed by atoms with Gasteiger partial charge < -0.3 is 9.64 Å². The van der Waals surface area contributed by atoms with Crippen molar-refractivity contribution in [1.82, 2.24) is 4.90 Å². The molecule has 2 fully saturated rings. The second-order valence-electron chi connectivity index (χ2n) is 4.07. The molecule has 1 aliphatic heterocycles. The van der Waals surface area contributed by atoms with Gasteiger partial charge in [-0.2, -0.15) is 0 Å². The van der Waals surface area contributed by atoms with Crippen LogP contribution in [0.25, 0.3) is 0 Å². The van der Waals surface area contributed by atoms with Gasteiger partial charge in [0, 0.05) is 25.4 Å². The number of rotatable bonds is 1. The highest BCUT2D eigenvalue weighted by Gasteiger charge is 2.40. The summed E-state index contributed by atoms with van der Waals surface area (Å²) in [6.07, 6.45) is 1.35. The molecule has 78 valence electrons. The first-order valence-electron chi connectivity index (χ1n) is 5.15. The van der Waals surface area contributed by atoms with Crippen LogP contribution in [0.2, 0.25) is 0 Å². The fraction of sp³-hybridized carbons (Fsp3) is 0.800. The predicted molar refractivity (Wildman–Crippen MR) is 49.8 cm³/mol. The van der Waals surface area contributed by atoms with Crippen LogP contribution in [-0.4, -0.2) is 36.5 Å². The minimum atomic E-state index is -0.267. The van der Waals surface area contributed by atoms with Crippen molar-refractivity contribution in [3.05, 3.63) is 0 Å². The number of piperidine rings is 1. The zero-order valence-electron chi connectivity index (χ0n) is 8.36. The molecule has 0 N–H and O–H groups in total. The molecular formula is C10H15NO3. The quantitative estimate of drug-likeness (QED) is 0.631. The first-order chi connectivity index (χ1) is 6.70. The van der Waals surface area contributed by atoms with E-state index < -0.39 is 0 Å². The molecule has 0 aromatic heterocycles. The van der Waals surface area contributed by atoms with Crippen LogP contribution in [0.5, 0.6) is 0 Å². The monoisotopic (exact) mass is 197 g/mol. The van der Waals surface area contributed by atoms with E-state index in [0.29, 0.717) is 37.8 Å². The highest BCUT2D eigenvalue weighted by molar-refractivity contribution is 5.85. The van der Waals surface area contributed by atoms with Gasteiger partial charge in [-0.3, -0.25) is 4.79 Å². The van der Waals surface area contributed by atoms with Gasteiger partial charge >= 0.3 is 6.09 Å². The second-order valence-corrected chi connectivity index (χ2v) is 4.07. The first-order valence-corrected chi connectivity index (χ1v) is 5.15. The number of fused-ring (bicyclic) bond motifs is 2. The van der Waals surface area contributed by atoms with Gasteiger partial charge in [-0.05, 0) is 19.3 Å². The van der Waals surface area contributed by atoms with Gasteiger partial charge in [0.05, 0.1) is 6.61 Å². The molecule has 1 heterocycles. The maximum absolute atomic E-state index is 11.4. The van der Waals surface area contributed by atoms with E-state index in [1.165, 1.54) is 0 Å². The molecule has 14 heavy (non-hydrogen) atoms. The van der Waals surface area contributed by atoms with E-state index in [1.807, 2.05) is 0 Å². The Morgan fingerprint density at radius 3 is 3.00 bits per heavy atom. The lowest BCUT2D eigenvalue weighted by Gasteiger charge is -2.29. The van der Waals surface area contributed by atoms with E-state index in [0.717, 1.165) is 6.42 Å². The summed E-state index contributed by atoms with van der Waals surface area (Å²) in [5.74, 6) is 0.783. The number of carbonyl (C=O) groups is 2. The van der Waals surface area contributed by atoms with Crippen LogP contribution < -0.4 is 0 Å². The Morgan fingerprint density at radius 1 is 1.57 bits per heavy atom. The van der Waals surface area contributed by atoms with Crippen molar-refractivity contribution in [1.29, 1.82) is 0 Å². The Morgan fingerprint density at radius 2 is 2.36 bits per heavy atom. The van der Waals surface area contributed by atoms with Gasteiger partial charge in [0.25, 0.3) is 0 Å². The van der Waals surface area contributed by atoms with Crippen molar-refractivity contribution in [2.24, 2.45) is 11.8 Å². The van der Waals surface area contributed by atoms with E-state index in [4.69, 9.17) is 4.74 Å². The number of Topliss-reactive ketones (excluding diaryl/α,β-unsaturated/α-hetero) is 1. The highest BCUT2D eigenvalue weighted by Crippen LogP contribution is 2.33. The van der Waals surface area contributed by atoms with Crippen LogP contribution in [0.15, 0.2) is 0 Å². The lowest BCUT2D eigenvalue weighted by atomic mass is 9.99. The predicted octanol–water partition coefficient (Wildman–Crippen LogP) is 1.05. The van der Waals surface area contributed by atoms with Crippen LogP contribution in [0.1, 0.15) is 19.8 Å². The minimum Gasteiger partial charge on any atom is -0.450 e. The molecule has 2 bridgehead atoms. The lowest BCUT2D eigenvalue weighted by Crippen LogP contribution is -2.41. The second kappa shape index (κ2) is 3.59. The van der Waals surface area contributed by atoms with Gasteiger partial charge in [-0.25, -0.2) is 4.79 Å². The molecule has 4 heteroatoms. The average molecular weight is 197 g/mol. The van der Waals surface area contributed by atoms with Crippen molar-refractivity contribution in [3.8, 4) is 0 Å². The Labute approximate surface area is 83.2 Å². The van der Waals surface area contributed by atoms with Gasteiger partial charge in [0.15, 0.2) is 0 Å². The Hall–Kier alpha value is -1.06. The number of hydrogen-bond donors (Lipinski definition) is 0. The molecule has 0 aromatic rings. The van der Waals surface area contributed by atoms with E-state index in [-0.39, 0.29) is 12.0 Å². The van der Waals surface area contributed by atoms with E-state index in [2.05, 4.69) is 0 Å². The third-order valence-electron chi connectivity index (χ3n) is 3.01.